The molecule has 0 heterocycles. The highest BCUT2D eigenvalue weighted by Gasteiger charge is 2.20. The Labute approximate surface area is 131 Å². The van der Waals surface area contributed by atoms with Gasteiger partial charge in [-0.2, -0.15) is 0 Å². The zero-order chi connectivity index (χ0) is 16.5. The summed E-state index contributed by atoms with van der Waals surface area (Å²) in [6.07, 6.45) is -1.22. The van der Waals surface area contributed by atoms with Crippen molar-refractivity contribution in [2.75, 3.05) is 6.54 Å². The van der Waals surface area contributed by atoms with Crippen LogP contribution in [0.4, 0.5) is 9.59 Å². The quantitative estimate of drug-likeness (QED) is 0.849. The van der Waals surface area contributed by atoms with Gasteiger partial charge in [0.2, 0.25) is 0 Å². The van der Waals surface area contributed by atoms with Crippen molar-refractivity contribution in [3.63, 3.8) is 0 Å². The average Bonchev–Trinajstić information content (AvgIpc) is 2.42. The molecule has 6 heteroatoms. The van der Waals surface area contributed by atoms with Gasteiger partial charge in [0.25, 0.3) is 0 Å². The molecule has 1 aromatic rings. The Hall–Kier alpha value is -2.24. The Kier molecular flexibility index (Phi) is 7.22. The van der Waals surface area contributed by atoms with Gasteiger partial charge in [0.1, 0.15) is 0 Å². The van der Waals surface area contributed by atoms with E-state index >= 15 is 0 Å². The van der Waals surface area contributed by atoms with E-state index in [1.54, 1.807) is 27.7 Å². The molecule has 0 aliphatic heterocycles. The number of amides is 2. The SMILES string of the molecule is CC(C)OC(=O)NN(CCc1ccccc1)C(=O)OC(C)C. The largest absolute Gasteiger partial charge is 0.446 e. The zero-order valence-corrected chi connectivity index (χ0v) is 13.5. The monoisotopic (exact) mass is 308 g/mol. The van der Waals surface area contributed by atoms with Crippen LogP contribution in [0.1, 0.15) is 33.3 Å². The van der Waals surface area contributed by atoms with Crippen molar-refractivity contribution in [1.29, 1.82) is 0 Å². The molecule has 0 aliphatic carbocycles. The maximum atomic E-state index is 12.0. The third kappa shape index (κ3) is 6.97. The van der Waals surface area contributed by atoms with Crippen LogP contribution in [0, 0.1) is 0 Å². The van der Waals surface area contributed by atoms with Gasteiger partial charge in [0, 0.05) is 0 Å². The van der Waals surface area contributed by atoms with Gasteiger partial charge in [-0.15, -0.1) is 0 Å². The molecule has 1 rings (SSSR count). The van der Waals surface area contributed by atoms with Crippen LogP contribution >= 0.6 is 0 Å². The van der Waals surface area contributed by atoms with Crippen LogP contribution in [0.5, 0.6) is 0 Å². The molecule has 1 aromatic carbocycles. The van der Waals surface area contributed by atoms with Gasteiger partial charge in [-0.05, 0) is 39.7 Å². The van der Waals surface area contributed by atoms with Gasteiger partial charge in [0.05, 0.1) is 18.8 Å². The van der Waals surface area contributed by atoms with E-state index in [0.29, 0.717) is 13.0 Å². The van der Waals surface area contributed by atoms with Crippen molar-refractivity contribution < 1.29 is 19.1 Å². The van der Waals surface area contributed by atoms with Crippen molar-refractivity contribution in [2.45, 2.75) is 46.3 Å². The fourth-order valence-corrected chi connectivity index (χ4v) is 1.69. The highest BCUT2D eigenvalue weighted by Crippen LogP contribution is 2.03. The Morgan fingerprint density at radius 1 is 1.05 bits per heavy atom. The summed E-state index contributed by atoms with van der Waals surface area (Å²) in [5.41, 5.74) is 3.48. The maximum absolute atomic E-state index is 12.0. The van der Waals surface area contributed by atoms with Gasteiger partial charge >= 0.3 is 12.2 Å². The van der Waals surface area contributed by atoms with E-state index < -0.39 is 12.2 Å². The highest BCUT2D eigenvalue weighted by atomic mass is 16.6. The van der Waals surface area contributed by atoms with Crippen LogP contribution in [0.3, 0.4) is 0 Å². The number of benzene rings is 1. The Balaban J connectivity index is 2.64. The van der Waals surface area contributed by atoms with E-state index in [2.05, 4.69) is 5.43 Å². The fraction of sp³-hybridized carbons (Fsp3) is 0.500. The summed E-state index contributed by atoms with van der Waals surface area (Å²) in [7, 11) is 0. The molecule has 0 radical (unpaired) electrons. The van der Waals surface area contributed by atoms with Gasteiger partial charge in [-0.3, -0.25) is 0 Å². The molecule has 0 fully saturated rings. The van der Waals surface area contributed by atoms with Crippen LogP contribution < -0.4 is 5.43 Å². The lowest BCUT2D eigenvalue weighted by Gasteiger charge is -2.24. The summed E-state index contributed by atoms with van der Waals surface area (Å²) >= 11 is 0. The lowest BCUT2D eigenvalue weighted by atomic mass is 10.1. The molecule has 0 bridgehead atoms. The minimum absolute atomic E-state index is 0.267. The standard InChI is InChI=1S/C16H24N2O4/c1-12(2)21-15(19)17-18(16(20)22-13(3)4)11-10-14-8-6-5-7-9-14/h5-9,12-13H,10-11H2,1-4H3,(H,17,19). The normalized spacial score (nSPS) is 10.5. The summed E-state index contributed by atoms with van der Waals surface area (Å²) in [5.74, 6) is 0. The summed E-state index contributed by atoms with van der Waals surface area (Å²) in [5, 5.41) is 1.14. The van der Waals surface area contributed by atoms with E-state index in [4.69, 9.17) is 9.47 Å². The van der Waals surface area contributed by atoms with Crippen LogP contribution in [-0.4, -0.2) is 35.9 Å². The predicted octanol–water partition coefficient (Wildman–Crippen LogP) is 3.13. The predicted molar refractivity (Wildman–Crippen MR) is 83.2 cm³/mol. The molecule has 0 aromatic heterocycles. The van der Waals surface area contributed by atoms with Gasteiger partial charge in [0.15, 0.2) is 0 Å². The average molecular weight is 308 g/mol. The number of ether oxygens (including phenoxy) is 2. The topological polar surface area (TPSA) is 67.9 Å². The second kappa shape index (κ2) is 8.92. The number of nitrogens with one attached hydrogen (secondary N) is 1. The minimum atomic E-state index is -0.677. The molecule has 0 saturated carbocycles. The van der Waals surface area contributed by atoms with E-state index in [1.165, 1.54) is 0 Å². The summed E-state index contributed by atoms with van der Waals surface area (Å²) < 4.78 is 10.1. The highest BCUT2D eigenvalue weighted by molar-refractivity contribution is 5.74. The van der Waals surface area contributed by atoms with Crippen LogP contribution in [0.2, 0.25) is 0 Å². The maximum Gasteiger partial charge on any atom is 0.429 e. The van der Waals surface area contributed by atoms with Gasteiger partial charge in [-0.25, -0.2) is 20.0 Å². The van der Waals surface area contributed by atoms with E-state index in [9.17, 15) is 9.59 Å². The Morgan fingerprint density at radius 3 is 2.18 bits per heavy atom. The Morgan fingerprint density at radius 2 is 1.64 bits per heavy atom. The molecule has 0 atom stereocenters. The number of carbonyl (C=O) groups is 2. The van der Waals surface area contributed by atoms with E-state index in [1.807, 2.05) is 30.3 Å². The molecule has 1 N–H and O–H groups in total. The van der Waals surface area contributed by atoms with Crippen molar-refractivity contribution in [3.05, 3.63) is 35.9 Å². The molecule has 122 valence electrons. The van der Waals surface area contributed by atoms with E-state index in [0.717, 1.165) is 10.6 Å². The second-order valence-electron chi connectivity index (χ2n) is 5.39. The lowest BCUT2D eigenvalue weighted by Crippen LogP contribution is -2.48. The molecular formula is C16H24N2O4. The molecule has 22 heavy (non-hydrogen) atoms. The molecule has 0 saturated heterocycles. The van der Waals surface area contributed by atoms with Crippen molar-refractivity contribution in [2.24, 2.45) is 0 Å². The first kappa shape index (κ1) is 17.8. The third-order valence-corrected chi connectivity index (χ3v) is 2.59. The van der Waals surface area contributed by atoms with Crippen molar-refractivity contribution in [3.8, 4) is 0 Å². The van der Waals surface area contributed by atoms with Crippen LogP contribution in [0.15, 0.2) is 30.3 Å². The fourth-order valence-electron chi connectivity index (χ4n) is 1.69. The van der Waals surface area contributed by atoms with Crippen LogP contribution in [-0.2, 0) is 15.9 Å². The van der Waals surface area contributed by atoms with E-state index in [-0.39, 0.29) is 12.2 Å². The molecule has 0 aliphatic rings. The third-order valence-electron chi connectivity index (χ3n) is 2.59. The first-order chi connectivity index (χ1) is 10.4. The zero-order valence-electron chi connectivity index (χ0n) is 13.5. The Bertz CT molecular complexity index is 474. The smallest absolute Gasteiger partial charge is 0.429 e. The summed E-state index contributed by atoms with van der Waals surface area (Å²) in [6.45, 7) is 7.27. The second-order valence-corrected chi connectivity index (χ2v) is 5.39. The molecule has 6 nitrogen and oxygen atoms in total. The lowest BCUT2D eigenvalue weighted by molar-refractivity contribution is 0.0475. The number of hydrogen-bond donors (Lipinski definition) is 1. The number of hydrazine groups is 1. The van der Waals surface area contributed by atoms with Gasteiger partial charge < -0.3 is 9.47 Å². The molecule has 0 unspecified atom stereocenters. The number of carbonyl (C=O) groups excluding carboxylic acids is 2. The number of hydrogen-bond acceptors (Lipinski definition) is 4. The first-order valence-electron chi connectivity index (χ1n) is 7.37. The number of rotatable bonds is 5. The summed E-state index contributed by atoms with van der Waals surface area (Å²) in [4.78, 5) is 23.7. The molecule has 2 amide bonds. The van der Waals surface area contributed by atoms with Crippen LogP contribution in [0.25, 0.3) is 0 Å². The molecular weight excluding hydrogens is 284 g/mol. The summed E-state index contributed by atoms with van der Waals surface area (Å²) in [6, 6.07) is 9.68. The molecule has 0 spiro atoms. The number of nitrogens with zero attached hydrogens (tertiary/aromatic N) is 1. The first-order valence-corrected chi connectivity index (χ1v) is 7.37. The minimum Gasteiger partial charge on any atom is -0.446 e. The van der Waals surface area contributed by atoms with Gasteiger partial charge in [-0.1, -0.05) is 30.3 Å². The van der Waals surface area contributed by atoms with Crippen molar-refractivity contribution in [1.82, 2.24) is 10.4 Å². The van der Waals surface area contributed by atoms with Crippen molar-refractivity contribution >= 4 is 12.2 Å².